The van der Waals surface area contributed by atoms with Crippen molar-refractivity contribution in [2.75, 3.05) is 13.1 Å². The fourth-order valence-corrected chi connectivity index (χ4v) is 5.60. The van der Waals surface area contributed by atoms with Crippen LogP contribution in [0.1, 0.15) is 38.3 Å². The summed E-state index contributed by atoms with van der Waals surface area (Å²) in [6.07, 6.45) is -4.58. The molecule has 10 nitrogen and oxygen atoms in total. The van der Waals surface area contributed by atoms with Gasteiger partial charge in [-0.15, -0.1) is 0 Å². The maximum Gasteiger partial charge on any atom is 0.433 e. The lowest BCUT2D eigenvalue weighted by Gasteiger charge is -2.33. The normalized spacial score (nSPS) is 24.7. The van der Waals surface area contributed by atoms with Gasteiger partial charge in [0.05, 0.1) is 11.3 Å². The highest BCUT2D eigenvalue weighted by Crippen LogP contribution is 2.29. The van der Waals surface area contributed by atoms with E-state index >= 15 is 0 Å². The number of ether oxygens (including phenoxy) is 1. The molecule has 0 aromatic carbocycles. The summed E-state index contributed by atoms with van der Waals surface area (Å²) in [5, 5.41) is 13.5. The van der Waals surface area contributed by atoms with Crippen molar-refractivity contribution >= 4 is 15.9 Å². The number of aliphatic hydroxyl groups is 1. The van der Waals surface area contributed by atoms with Crippen molar-refractivity contribution in [1.82, 2.24) is 24.9 Å². The first-order valence-electron chi connectivity index (χ1n) is 9.81. The molecule has 0 spiro atoms. The first-order chi connectivity index (χ1) is 14.5. The monoisotopic (exact) mass is 467 g/mol. The molecule has 2 aliphatic heterocycles. The van der Waals surface area contributed by atoms with Crippen LogP contribution in [-0.4, -0.2) is 70.5 Å². The fourth-order valence-electron chi connectivity index (χ4n) is 3.60. The molecule has 3 N–H and O–H groups in total. The number of hydrogen-bond acceptors (Lipinski definition) is 8. The van der Waals surface area contributed by atoms with E-state index in [1.54, 1.807) is 6.92 Å². The van der Waals surface area contributed by atoms with Crippen molar-refractivity contribution in [1.29, 1.82) is 0 Å². The number of hydrogen-bond donors (Lipinski definition) is 3. The number of nitrogens with one attached hydrogen (secondary N) is 2. The molecule has 2 fully saturated rings. The minimum atomic E-state index is -4.62. The Bertz CT molecular complexity index is 892. The van der Waals surface area contributed by atoms with Gasteiger partial charge in [-0.05, 0) is 31.7 Å². The van der Waals surface area contributed by atoms with Gasteiger partial charge in [-0.3, -0.25) is 10.1 Å². The van der Waals surface area contributed by atoms with Crippen LogP contribution in [0.3, 0.4) is 0 Å². The number of piperidine rings is 1. The summed E-state index contributed by atoms with van der Waals surface area (Å²) in [4.78, 5) is 18.9. The number of halogens is 3. The average molecular weight is 467 g/mol. The number of carbonyl (C=O) groups is 1. The number of nitrogens with zero attached hydrogens (tertiary/aromatic N) is 3. The van der Waals surface area contributed by atoms with Gasteiger partial charge in [-0.2, -0.15) is 18.2 Å². The predicted octanol–water partition coefficient (Wildman–Crippen LogP) is 0.201. The summed E-state index contributed by atoms with van der Waals surface area (Å²) in [6.45, 7) is 1.94. The van der Waals surface area contributed by atoms with Crippen LogP contribution in [0, 0.1) is 0 Å². The van der Waals surface area contributed by atoms with E-state index in [1.807, 2.05) is 0 Å². The standard InChI is InChI=1S/C17H24F3N5O5S/c1-2-11(9-12-14(26)24-15(27)22-12)31(28,29)25-7-4-10(5-8-25)30-16-21-6-3-13(23-16)17(18,19)20/h3,6,10-12,15,22,27H,2,4-5,7-9H2,1H3,(H,24,26)/t11?,12-,15?/m1/s1. The van der Waals surface area contributed by atoms with Crippen LogP contribution in [-0.2, 0) is 21.0 Å². The number of aromatic nitrogens is 2. The maximum absolute atomic E-state index is 13.0. The summed E-state index contributed by atoms with van der Waals surface area (Å²) in [5.41, 5.74) is -1.11. The maximum atomic E-state index is 13.0. The van der Waals surface area contributed by atoms with Gasteiger partial charge in [-0.1, -0.05) is 6.92 Å². The molecule has 0 aliphatic carbocycles. The first kappa shape index (κ1) is 23.6. The Kier molecular flexibility index (Phi) is 7.03. The Morgan fingerprint density at radius 3 is 2.58 bits per heavy atom. The van der Waals surface area contributed by atoms with Crippen LogP contribution < -0.4 is 15.4 Å². The van der Waals surface area contributed by atoms with Crippen molar-refractivity contribution in [2.45, 2.75) is 62.5 Å². The highest BCUT2D eigenvalue weighted by atomic mass is 32.2. The van der Waals surface area contributed by atoms with E-state index in [1.165, 1.54) is 4.31 Å². The van der Waals surface area contributed by atoms with E-state index in [0.29, 0.717) is 0 Å². The fraction of sp³-hybridized carbons (Fsp3) is 0.706. The lowest BCUT2D eigenvalue weighted by Crippen LogP contribution is -2.47. The molecule has 0 bridgehead atoms. The third-order valence-electron chi connectivity index (χ3n) is 5.29. The molecule has 0 saturated carbocycles. The Balaban J connectivity index is 1.58. The molecule has 1 amide bonds. The zero-order valence-corrected chi connectivity index (χ0v) is 17.5. The van der Waals surface area contributed by atoms with Crippen LogP contribution in [0.2, 0.25) is 0 Å². The van der Waals surface area contributed by atoms with Crippen LogP contribution >= 0.6 is 0 Å². The second kappa shape index (κ2) is 9.22. The van der Waals surface area contributed by atoms with E-state index in [4.69, 9.17) is 4.74 Å². The van der Waals surface area contributed by atoms with E-state index in [9.17, 15) is 31.5 Å². The second-order valence-electron chi connectivity index (χ2n) is 7.38. The molecule has 3 heterocycles. The van der Waals surface area contributed by atoms with Gasteiger partial charge < -0.3 is 15.2 Å². The molecule has 1 aromatic heterocycles. The van der Waals surface area contributed by atoms with E-state index in [-0.39, 0.29) is 38.8 Å². The third kappa shape index (κ3) is 5.61. The van der Waals surface area contributed by atoms with E-state index in [0.717, 1.165) is 12.3 Å². The number of aliphatic hydroxyl groups excluding tert-OH is 1. The molecule has 3 rings (SSSR count). The Labute approximate surface area is 177 Å². The summed E-state index contributed by atoms with van der Waals surface area (Å²) >= 11 is 0. The Hall–Kier alpha value is -2.03. The number of carbonyl (C=O) groups excluding carboxylic acids is 1. The molecule has 1 aromatic rings. The van der Waals surface area contributed by atoms with Gasteiger partial charge in [0, 0.05) is 19.3 Å². The zero-order valence-electron chi connectivity index (χ0n) is 16.7. The molecular formula is C17H24F3N5O5S. The zero-order chi connectivity index (χ0) is 22.8. The van der Waals surface area contributed by atoms with Gasteiger partial charge in [0.2, 0.25) is 15.9 Å². The van der Waals surface area contributed by atoms with Crippen LogP contribution in [0.4, 0.5) is 13.2 Å². The highest BCUT2D eigenvalue weighted by molar-refractivity contribution is 7.89. The number of alkyl halides is 3. The molecular weight excluding hydrogens is 443 g/mol. The second-order valence-corrected chi connectivity index (χ2v) is 9.59. The van der Waals surface area contributed by atoms with Crippen LogP contribution in [0.5, 0.6) is 6.01 Å². The lowest BCUT2D eigenvalue weighted by molar-refractivity contribution is -0.141. The molecule has 2 unspecified atom stereocenters. The molecule has 174 valence electrons. The molecule has 31 heavy (non-hydrogen) atoms. The van der Waals surface area contributed by atoms with Crippen LogP contribution in [0.15, 0.2) is 12.3 Å². The minimum Gasteiger partial charge on any atom is -0.460 e. The third-order valence-corrected chi connectivity index (χ3v) is 7.74. The average Bonchev–Trinajstić information content (AvgIpc) is 3.02. The SMILES string of the molecule is CCC(C[C@H]1NC(O)NC1=O)S(=O)(=O)N1CCC(Oc2nccc(C(F)(F)F)n2)CC1. The van der Waals surface area contributed by atoms with Crippen LogP contribution in [0.25, 0.3) is 0 Å². The summed E-state index contributed by atoms with van der Waals surface area (Å²) in [7, 11) is -3.73. The van der Waals surface area contributed by atoms with Crippen molar-refractivity contribution < 1.29 is 36.2 Å². The van der Waals surface area contributed by atoms with Gasteiger partial charge in [-0.25, -0.2) is 17.7 Å². The van der Waals surface area contributed by atoms with Gasteiger partial charge >= 0.3 is 12.2 Å². The van der Waals surface area contributed by atoms with E-state index in [2.05, 4.69) is 20.6 Å². The quantitative estimate of drug-likeness (QED) is 0.518. The van der Waals surface area contributed by atoms with Crippen molar-refractivity contribution in [3.05, 3.63) is 18.0 Å². The Morgan fingerprint density at radius 2 is 2.03 bits per heavy atom. The Morgan fingerprint density at radius 1 is 1.35 bits per heavy atom. The first-order valence-corrected chi connectivity index (χ1v) is 11.3. The molecule has 2 aliphatic rings. The number of amides is 1. The van der Waals surface area contributed by atoms with Crippen molar-refractivity contribution in [2.24, 2.45) is 0 Å². The van der Waals surface area contributed by atoms with Crippen molar-refractivity contribution in [3.8, 4) is 6.01 Å². The highest BCUT2D eigenvalue weighted by Gasteiger charge is 2.39. The summed E-state index contributed by atoms with van der Waals surface area (Å²) in [6, 6.07) is -0.473. The predicted molar refractivity (Wildman–Crippen MR) is 101 cm³/mol. The molecule has 3 atom stereocenters. The van der Waals surface area contributed by atoms with Gasteiger partial charge in [0.15, 0.2) is 12.0 Å². The van der Waals surface area contributed by atoms with E-state index < -0.39 is 57.6 Å². The topological polar surface area (TPSA) is 134 Å². The van der Waals surface area contributed by atoms with Crippen molar-refractivity contribution in [3.63, 3.8) is 0 Å². The number of rotatable bonds is 7. The molecule has 2 saturated heterocycles. The number of sulfonamides is 1. The molecule has 14 heteroatoms. The smallest absolute Gasteiger partial charge is 0.433 e. The molecule has 0 radical (unpaired) electrons. The minimum absolute atomic E-state index is 0.0101. The summed E-state index contributed by atoms with van der Waals surface area (Å²) in [5.74, 6) is -0.464. The lowest BCUT2D eigenvalue weighted by atomic mass is 10.1. The van der Waals surface area contributed by atoms with Gasteiger partial charge in [0.1, 0.15) is 6.10 Å². The largest absolute Gasteiger partial charge is 0.460 e. The van der Waals surface area contributed by atoms with Gasteiger partial charge in [0.25, 0.3) is 0 Å². The summed E-state index contributed by atoms with van der Waals surface area (Å²) < 4.78 is 71.1.